The summed E-state index contributed by atoms with van der Waals surface area (Å²) in [6.07, 6.45) is -1.22. The fourth-order valence-electron chi connectivity index (χ4n) is 2.38. The molecule has 0 radical (unpaired) electrons. The lowest BCUT2D eigenvalue weighted by Gasteiger charge is -2.15. The van der Waals surface area contributed by atoms with E-state index in [-0.39, 0.29) is 6.79 Å². The molecule has 1 aliphatic rings. The van der Waals surface area contributed by atoms with E-state index in [1.807, 2.05) is 0 Å². The number of hydrogen-bond acceptors (Lipinski definition) is 6. The van der Waals surface area contributed by atoms with Crippen LogP contribution >= 0.6 is 0 Å². The molecule has 0 bridgehead atoms. The highest BCUT2D eigenvalue weighted by atomic mass is 16.7. The van der Waals surface area contributed by atoms with Gasteiger partial charge in [0, 0.05) is 11.1 Å². The van der Waals surface area contributed by atoms with E-state index in [0.29, 0.717) is 22.6 Å². The number of carbonyl (C=O) groups is 3. The maximum atomic E-state index is 12.1. The zero-order valence-corrected chi connectivity index (χ0v) is 13.6. The lowest BCUT2D eigenvalue weighted by Crippen LogP contribution is -2.33. The van der Waals surface area contributed by atoms with Gasteiger partial charge in [0.05, 0.1) is 0 Å². The van der Waals surface area contributed by atoms with E-state index < -0.39 is 30.4 Å². The second-order valence-electron chi connectivity index (χ2n) is 5.43. The lowest BCUT2D eigenvalue weighted by molar-refractivity contribution is -0.154. The third-order valence-corrected chi connectivity index (χ3v) is 3.64. The summed E-state index contributed by atoms with van der Waals surface area (Å²) in [7, 11) is 0. The Morgan fingerprint density at radius 1 is 1.08 bits per heavy atom. The van der Waals surface area contributed by atoms with E-state index >= 15 is 0 Å². The second-order valence-corrected chi connectivity index (χ2v) is 5.43. The van der Waals surface area contributed by atoms with Crippen LogP contribution in [0, 0.1) is 0 Å². The van der Waals surface area contributed by atoms with Crippen molar-refractivity contribution in [2.24, 2.45) is 5.73 Å². The second kappa shape index (κ2) is 7.56. The first-order valence-electron chi connectivity index (χ1n) is 7.76. The largest absolute Gasteiger partial charge is 0.454 e. The molecule has 2 aromatic rings. The third kappa shape index (κ3) is 3.92. The van der Waals surface area contributed by atoms with Gasteiger partial charge >= 0.3 is 5.97 Å². The standard InChI is InChI=1S/C18H16N2O6/c19-17(22)16(11-4-2-1-3-5-11)26-15(21)9-20-18(23)12-6-7-13-14(8-12)25-10-24-13/h1-8,16H,9-10H2,(H2,19,22)(H,20,23). The lowest BCUT2D eigenvalue weighted by atomic mass is 10.1. The van der Waals surface area contributed by atoms with Crippen molar-refractivity contribution in [2.75, 3.05) is 13.3 Å². The highest BCUT2D eigenvalue weighted by Gasteiger charge is 2.23. The first kappa shape index (κ1) is 17.3. The van der Waals surface area contributed by atoms with Crippen LogP contribution in [0.5, 0.6) is 11.5 Å². The van der Waals surface area contributed by atoms with Gasteiger partial charge in [0.15, 0.2) is 11.5 Å². The van der Waals surface area contributed by atoms with Crippen LogP contribution < -0.4 is 20.5 Å². The zero-order chi connectivity index (χ0) is 18.5. The molecule has 0 aliphatic carbocycles. The van der Waals surface area contributed by atoms with Crippen LogP contribution in [-0.2, 0) is 14.3 Å². The maximum Gasteiger partial charge on any atom is 0.326 e. The summed E-state index contributed by atoms with van der Waals surface area (Å²) in [5.41, 5.74) is 6.04. The fourth-order valence-corrected chi connectivity index (χ4v) is 2.38. The van der Waals surface area contributed by atoms with Crippen molar-refractivity contribution < 1.29 is 28.6 Å². The highest BCUT2D eigenvalue weighted by molar-refractivity contribution is 5.96. The number of nitrogens with two attached hydrogens (primary N) is 1. The van der Waals surface area contributed by atoms with E-state index in [2.05, 4.69) is 5.32 Å². The Morgan fingerprint density at radius 2 is 1.81 bits per heavy atom. The Hall–Kier alpha value is -3.55. The molecule has 26 heavy (non-hydrogen) atoms. The van der Waals surface area contributed by atoms with Crippen molar-refractivity contribution in [1.29, 1.82) is 0 Å². The topological polar surface area (TPSA) is 117 Å². The number of primary amides is 1. The van der Waals surface area contributed by atoms with Crippen molar-refractivity contribution in [3.05, 3.63) is 59.7 Å². The number of esters is 1. The highest BCUT2D eigenvalue weighted by Crippen LogP contribution is 2.32. The Labute approximate surface area is 148 Å². The number of nitrogens with one attached hydrogen (secondary N) is 1. The van der Waals surface area contributed by atoms with E-state index in [9.17, 15) is 14.4 Å². The normalized spacial score (nSPS) is 12.9. The minimum Gasteiger partial charge on any atom is -0.454 e. The molecule has 0 saturated heterocycles. The number of benzene rings is 2. The Bertz CT molecular complexity index is 837. The summed E-state index contributed by atoms with van der Waals surface area (Å²) in [4.78, 5) is 35.6. The van der Waals surface area contributed by atoms with Gasteiger partial charge in [-0.3, -0.25) is 14.4 Å². The van der Waals surface area contributed by atoms with Gasteiger partial charge in [0.2, 0.25) is 12.9 Å². The van der Waals surface area contributed by atoms with Gasteiger partial charge in [-0.2, -0.15) is 0 Å². The van der Waals surface area contributed by atoms with E-state index in [0.717, 1.165) is 0 Å². The maximum absolute atomic E-state index is 12.1. The van der Waals surface area contributed by atoms with Crippen molar-refractivity contribution in [1.82, 2.24) is 5.32 Å². The van der Waals surface area contributed by atoms with Crippen molar-refractivity contribution in [2.45, 2.75) is 6.10 Å². The van der Waals surface area contributed by atoms with Crippen LogP contribution in [0.4, 0.5) is 0 Å². The Morgan fingerprint density at radius 3 is 2.54 bits per heavy atom. The van der Waals surface area contributed by atoms with Gasteiger partial charge in [-0.25, -0.2) is 0 Å². The van der Waals surface area contributed by atoms with Gasteiger partial charge < -0.3 is 25.3 Å². The molecular formula is C18H16N2O6. The molecule has 0 spiro atoms. The van der Waals surface area contributed by atoms with Crippen molar-refractivity contribution in [3.8, 4) is 11.5 Å². The summed E-state index contributed by atoms with van der Waals surface area (Å²) in [6, 6.07) is 13.1. The number of ether oxygens (including phenoxy) is 3. The SMILES string of the molecule is NC(=O)C(OC(=O)CNC(=O)c1ccc2c(c1)OCO2)c1ccccc1. The molecule has 1 aliphatic heterocycles. The molecule has 0 fully saturated rings. The number of fused-ring (bicyclic) bond motifs is 1. The first-order valence-corrected chi connectivity index (χ1v) is 7.76. The minimum atomic E-state index is -1.22. The first-order chi connectivity index (χ1) is 12.5. The molecule has 0 saturated carbocycles. The van der Waals surface area contributed by atoms with Crippen LogP contribution in [0.3, 0.4) is 0 Å². The molecule has 8 nitrogen and oxygen atoms in total. The molecule has 1 unspecified atom stereocenters. The van der Waals surface area contributed by atoms with E-state index in [4.69, 9.17) is 19.9 Å². The average Bonchev–Trinajstić information content (AvgIpc) is 3.12. The zero-order valence-electron chi connectivity index (χ0n) is 13.6. The monoisotopic (exact) mass is 356 g/mol. The third-order valence-electron chi connectivity index (χ3n) is 3.64. The van der Waals surface area contributed by atoms with E-state index in [1.165, 1.54) is 6.07 Å². The summed E-state index contributed by atoms with van der Waals surface area (Å²) < 4.78 is 15.5. The quantitative estimate of drug-likeness (QED) is 0.743. The molecule has 3 N–H and O–H groups in total. The molecule has 2 aromatic carbocycles. The predicted octanol–water partition coefficient (Wildman–Crippen LogP) is 0.915. The van der Waals surface area contributed by atoms with Gasteiger partial charge in [-0.05, 0) is 18.2 Å². The number of rotatable bonds is 6. The van der Waals surface area contributed by atoms with Crippen LogP contribution in [0.15, 0.2) is 48.5 Å². The summed E-state index contributed by atoms with van der Waals surface area (Å²) in [6.45, 7) is -0.315. The average molecular weight is 356 g/mol. The number of hydrogen-bond donors (Lipinski definition) is 2. The molecule has 134 valence electrons. The molecule has 8 heteroatoms. The fraction of sp³-hybridized carbons (Fsp3) is 0.167. The summed E-state index contributed by atoms with van der Waals surface area (Å²) in [5.74, 6) is -1.07. The molecule has 3 rings (SSSR count). The van der Waals surface area contributed by atoms with Crippen LogP contribution in [0.25, 0.3) is 0 Å². The van der Waals surface area contributed by atoms with Crippen LogP contribution in [0.1, 0.15) is 22.0 Å². The van der Waals surface area contributed by atoms with Crippen molar-refractivity contribution in [3.63, 3.8) is 0 Å². The molecular weight excluding hydrogens is 340 g/mol. The number of carbonyl (C=O) groups excluding carboxylic acids is 3. The van der Waals surface area contributed by atoms with Crippen molar-refractivity contribution >= 4 is 17.8 Å². The Kier molecular flexibility index (Phi) is 5.02. The summed E-state index contributed by atoms with van der Waals surface area (Å²) in [5, 5.41) is 2.42. The summed E-state index contributed by atoms with van der Waals surface area (Å²) >= 11 is 0. The smallest absolute Gasteiger partial charge is 0.326 e. The Balaban J connectivity index is 1.58. The van der Waals surface area contributed by atoms with Gasteiger partial charge in [-0.15, -0.1) is 0 Å². The van der Waals surface area contributed by atoms with Gasteiger partial charge in [0.25, 0.3) is 11.8 Å². The number of amides is 2. The predicted molar refractivity (Wildman–Crippen MR) is 89.4 cm³/mol. The molecule has 1 heterocycles. The van der Waals surface area contributed by atoms with E-state index in [1.54, 1.807) is 42.5 Å². The molecule has 0 aromatic heterocycles. The molecule has 2 amide bonds. The minimum absolute atomic E-state index is 0.0979. The molecule has 1 atom stereocenters. The van der Waals surface area contributed by atoms with Gasteiger partial charge in [0.1, 0.15) is 6.54 Å². The van der Waals surface area contributed by atoms with Crippen LogP contribution in [0.2, 0.25) is 0 Å². The van der Waals surface area contributed by atoms with Gasteiger partial charge in [-0.1, -0.05) is 30.3 Å². The van der Waals surface area contributed by atoms with Crippen LogP contribution in [-0.4, -0.2) is 31.1 Å².